The molecular weight excluding hydrogens is 397 g/mol. The highest BCUT2D eigenvalue weighted by molar-refractivity contribution is 14.1. The SMILES string of the molecule is CCNC(c1ccc(F)cc1I)c1c(F)cc(F)cc1F. The summed E-state index contributed by atoms with van der Waals surface area (Å²) in [5.74, 6) is -3.35. The van der Waals surface area contributed by atoms with Gasteiger partial charge in [0.05, 0.1) is 6.04 Å². The van der Waals surface area contributed by atoms with E-state index < -0.39 is 29.3 Å². The Morgan fingerprint density at radius 1 is 1.00 bits per heavy atom. The van der Waals surface area contributed by atoms with Gasteiger partial charge in [-0.25, -0.2) is 17.6 Å². The van der Waals surface area contributed by atoms with Crippen LogP contribution in [0, 0.1) is 26.8 Å². The molecule has 2 aromatic carbocycles. The van der Waals surface area contributed by atoms with Crippen LogP contribution in [-0.2, 0) is 0 Å². The molecule has 0 heterocycles. The first-order valence-electron chi connectivity index (χ1n) is 6.26. The van der Waals surface area contributed by atoms with Crippen LogP contribution in [0.5, 0.6) is 0 Å². The van der Waals surface area contributed by atoms with Gasteiger partial charge in [0.25, 0.3) is 0 Å². The molecule has 0 radical (unpaired) electrons. The lowest BCUT2D eigenvalue weighted by atomic mass is 9.97. The first kappa shape index (κ1) is 16.2. The van der Waals surface area contributed by atoms with Gasteiger partial charge in [-0.1, -0.05) is 13.0 Å². The molecule has 21 heavy (non-hydrogen) atoms. The van der Waals surface area contributed by atoms with Gasteiger partial charge < -0.3 is 5.32 Å². The maximum Gasteiger partial charge on any atom is 0.134 e. The molecule has 0 aliphatic heterocycles. The lowest BCUT2D eigenvalue weighted by Gasteiger charge is -2.21. The van der Waals surface area contributed by atoms with Crippen molar-refractivity contribution < 1.29 is 17.6 Å². The van der Waals surface area contributed by atoms with Gasteiger partial charge >= 0.3 is 0 Å². The lowest BCUT2D eigenvalue weighted by Crippen LogP contribution is -2.25. The van der Waals surface area contributed by atoms with E-state index in [1.165, 1.54) is 18.2 Å². The van der Waals surface area contributed by atoms with Crippen molar-refractivity contribution in [1.29, 1.82) is 0 Å². The van der Waals surface area contributed by atoms with Gasteiger partial charge in [0, 0.05) is 21.3 Å². The normalized spacial score (nSPS) is 12.5. The average molecular weight is 409 g/mol. The fraction of sp³-hybridized carbons (Fsp3) is 0.200. The van der Waals surface area contributed by atoms with Gasteiger partial charge in [-0.05, 0) is 46.8 Å². The van der Waals surface area contributed by atoms with Gasteiger partial charge in [0.2, 0.25) is 0 Å². The standard InChI is InChI=1S/C15H12F4IN/c1-2-21-15(10-4-3-8(16)7-13(10)20)14-11(18)5-9(17)6-12(14)19/h3-7,15,21H,2H2,1H3. The van der Waals surface area contributed by atoms with Crippen LogP contribution >= 0.6 is 22.6 Å². The van der Waals surface area contributed by atoms with Crippen LogP contribution in [0.4, 0.5) is 17.6 Å². The fourth-order valence-electron chi connectivity index (χ4n) is 2.14. The smallest absolute Gasteiger partial charge is 0.134 e. The quantitative estimate of drug-likeness (QED) is 0.578. The minimum atomic E-state index is -0.974. The van der Waals surface area contributed by atoms with Gasteiger partial charge in [0.15, 0.2) is 0 Å². The van der Waals surface area contributed by atoms with Gasteiger partial charge in [-0.3, -0.25) is 0 Å². The molecule has 0 fully saturated rings. The van der Waals surface area contributed by atoms with E-state index in [0.717, 1.165) is 0 Å². The van der Waals surface area contributed by atoms with Crippen LogP contribution in [0.25, 0.3) is 0 Å². The maximum absolute atomic E-state index is 14.0. The number of nitrogens with one attached hydrogen (secondary N) is 1. The van der Waals surface area contributed by atoms with E-state index in [-0.39, 0.29) is 5.56 Å². The summed E-state index contributed by atoms with van der Waals surface area (Å²) in [5, 5.41) is 2.95. The number of hydrogen-bond acceptors (Lipinski definition) is 1. The predicted octanol–water partition coefficient (Wildman–Crippen LogP) is 4.55. The summed E-state index contributed by atoms with van der Waals surface area (Å²) in [5.41, 5.74) is 0.256. The molecule has 112 valence electrons. The third-order valence-corrected chi connectivity index (χ3v) is 3.95. The highest BCUT2D eigenvalue weighted by atomic mass is 127. The van der Waals surface area contributed by atoms with Crippen molar-refractivity contribution >= 4 is 22.6 Å². The third-order valence-electron chi connectivity index (χ3n) is 3.01. The van der Waals surface area contributed by atoms with E-state index >= 15 is 0 Å². The summed E-state index contributed by atoms with van der Waals surface area (Å²) in [6.45, 7) is 2.22. The zero-order chi connectivity index (χ0) is 15.6. The number of hydrogen-bond donors (Lipinski definition) is 1. The average Bonchev–Trinajstić information content (AvgIpc) is 2.37. The van der Waals surface area contributed by atoms with E-state index in [9.17, 15) is 17.6 Å². The van der Waals surface area contributed by atoms with Crippen LogP contribution in [-0.4, -0.2) is 6.54 Å². The van der Waals surface area contributed by atoms with Crippen LogP contribution in [0.15, 0.2) is 30.3 Å². The summed E-state index contributed by atoms with van der Waals surface area (Å²) in [6.07, 6.45) is 0. The van der Waals surface area contributed by atoms with Crippen molar-refractivity contribution in [2.45, 2.75) is 13.0 Å². The second-order valence-electron chi connectivity index (χ2n) is 4.44. The van der Waals surface area contributed by atoms with E-state index in [4.69, 9.17) is 0 Å². The molecule has 2 aromatic rings. The molecule has 0 spiro atoms. The molecule has 0 aliphatic rings. The Labute approximate surface area is 133 Å². The minimum Gasteiger partial charge on any atom is -0.306 e. The molecule has 1 nitrogen and oxygen atoms in total. The third kappa shape index (κ3) is 3.55. The monoisotopic (exact) mass is 409 g/mol. The molecule has 1 atom stereocenters. The maximum atomic E-state index is 14.0. The Hall–Kier alpha value is -1.15. The predicted molar refractivity (Wildman–Crippen MR) is 81.0 cm³/mol. The molecule has 6 heteroatoms. The lowest BCUT2D eigenvalue weighted by molar-refractivity contribution is 0.491. The van der Waals surface area contributed by atoms with Crippen molar-refractivity contribution in [2.75, 3.05) is 6.54 Å². The van der Waals surface area contributed by atoms with Crippen LogP contribution in [0.1, 0.15) is 24.1 Å². The molecule has 0 saturated heterocycles. The summed E-state index contributed by atoms with van der Waals surface area (Å²) >= 11 is 1.90. The Morgan fingerprint density at radius 2 is 1.62 bits per heavy atom. The molecule has 1 unspecified atom stereocenters. The summed E-state index contributed by atoms with van der Waals surface area (Å²) in [4.78, 5) is 0. The number of rotatable bonds is 4. The Kier molecular flexibility index (Phi) is 5.21. The topological polar surface area (TPSA) is 12.0 Å². The van der Waals surface area contributed by atoms with Crippen molar-refractivity contribution in [2.24, 2.45) is 0 Å². The first-order chi connectivity index (χ1) is 9.93. The molecule has 0 aromatic heterocycles. The van der Waals surface area contributed by atoms with E-state index in [1.807, 2.05) is 22.6 Å². The number of benzene rings is 2. The number of halogens is 5. The summed E-state index contributed by atoms with van der Waals surface area (Å²) in [7, 11) is 0. The zero-order valence-electron chi connectivity index (χ0n) is 11.1. The molecule has 2 rings (SSSR count). The van der Waals surface area contributed by atoms with Gasteiger partial charge in [-0.15, -0.1) is 0 Å². The van der Waals surface area contributed by atoms with Crippen molar-refractivity contribution in [3.05, 3.63) is 68.3 Å². The molecule has 1 N–H and O–H groups in total. The Bertz CT molecular complexity index is 637. The molecule has 0 bridgehead atoms. The van der Waals surface area contributed by atoms with Crippen molar-refractivity contribution in [3.8, 4) is 0 Å². The second-order valence-corrected chi connectivity index (χ2v) is 5.60. The van der Waals surface area contributed by atoms with E-state index in [1.54, 1.807) is 6.92 Å². The second kappa shape index (κ2) is 6.74. The molecule has 0 amide bonds. The Morgan fingerprint density at radius 3 is 2.14 bits per heavy atom. The largest absolute Gasteiger partial charge is 0.306 e. The van der Waals surface area contributed by atoms with E-state index in [0.29, 0.717) is 27.8 Å². The van der Waals surface area contributed by atoms with Crippen molar-refractivity contribution in [3.63, 3.8) is 0 Å². The summed E-state index contributed by atoms with van der Waals surface area (Å²) < 4.78 is 54.7. The van der Waals surface area contributed by atoms with Crippen LogP contribution in [0.3, 0.4) is 0 Å². The highest BCUT2D eigenvalue weighted by Crippen LogP contribution is 2.30. The summed E-state index contributed by atoms with van der Waals surface area (Å²) in [6, 6.07) is 4.43. The molecular formula is C15H12F4IN. The van der Waals surface area contributed by atoms with Crippen LogP contribution in [0.2, 0.25) is 0 Å². The van der Waals surface area contributed by atoms with Crippen molar-refractivity contribution in [1.82, 2.24) is 5.32 Å². The molecule has 0 saturated carbocycles. The van der Waals surface area contributed by atoms with Gasteiger partial charge in [0.1, 0.15) is 23.3 Å². The minimum absolute atomic E-state index is 0.275. The first-order valence-corrected chi connectivity index (χ1v) is 7.34. The highest BCUT2D eigenvalue weighted by Gasteiger charge is 2.24. The van der Waals surface area contributed by atoms with E-state index in [2.05, 4.69) is 5.32 Å². The zero-order valence-corrected chi connectivity index (χ0v) is 13.2. The fourth-order valence-corrected chi connectivity index (χ4v) is 2.93. The molecule has 0 aliphatic carbocycles. The Balaban J connectivity index is 2.59. The van der Waals surface area contributed by atoms with Crippen LogP contribution < -0.4 is 5.32 Å². The van der Waals surface area contributed by atoms with Gasteiger partial charge in [-0.2, -0.15) is 0 Å².